The highest BCUT2D eigenvalue weighted by Gasteiger charge is 2.23. The van der Waals surface area contributed by atoms with Crippen LogP contribution >= 0.6 is 0 Å². The molecule has 0 unspecified atom stereocenters. The molecule has 0 aliphatic carbocycles. The Morgan fingerprint density at radius 2 is 1.46 bits per heavy atom. The number of ether oxygens (including phenoxy) is 1. The van der Waals surface area contributed by atoms with Crippen LogP contribution in [0.4, 0.5) is 5.69 Å². The zero-order valence-electron chi connectivity index (χ0n) is 20.0. The number of piperazine rings is 1. The molecular formula is C29H30N4O2. The van der Waals surface area contributed by atoms with E-state index in [1.54, 1.807) is 6.20 Å². The van der Waals surface area contributed by atoms with Gasteiger partial charge in [0.1, 0.15) is 12.3 Å². The molecule has 0 atom stereocenters. The zero-order valence-corrected chi connectivity index (χ0v) is 20.0. The Morgan fingerprint density at radius 3 is 2.14 bits per heavy atom. The summed E-state index contributed by atoms with van der Waals surface area (Å²) in [6.07, 6.45) is 1.77. The summed E-state index contributed by atoms with van der Waals surface area (Å²) >= 11 is 0. The average molecular weight is 467 g/mol. The number of hydrogen-bond acceptors (Lipinski definition) is 5. The molecule has 6 nitrogen and oxygen atoms in total. The Balaban J connectivity index is 1.37. The molecule has 178 valence electrons. The van der Waals surface area contributed by atoms with Crippen molar-refractivity contribution in [2.24, 2.45) is 0 Å². The normalized spacial score (nSPS) is 14.1. The van der Waals surface area contributed by atoms with Gasteiger partial charge in [-0.1, -0.05) is 78.4 Å². The molecule has 1 aliphatic rings. The van der Waals surface area contributed by atoms with Crippen molar-refractivity contribution in [1.82, 2.24) is 14.7 Å². The SMILES string of the molecule is Cc1ccc(CN2CCN(c3cnn(-c4ccccc4)c(=O)c3OCc3ccccc3)CC2)cc1. The molecule has 2 heterocycles. The predicted molar refractivity (Wildman–Crippen MR) is 139 cm³/mol. The van der Waals surface area contributed by atoms with Crippen LogP contribution < -0.4 is 15.2 Å². The molecule has 0 saturated carbocycles. The summed E-state index contributed by atoms with van der Waals surface area (Å²) in [5.41, 5.74) is 4.85. The molecule has 1 aliphatic heterocycles. The summed E-state index contributed by atoms with van der Waals surface area (Å²) in [5.74, 6) is 0.347. The van der Waals surface area contributed by atoms with E-state index in [4.69, 9.17) is 4.74 Å². The molecule has 1 aromatic heterocycles. The Labute approximate surface area is 206 Å². The third-order valence-corrected chi connectivity index (χ3v) is 6.38. The van der Waals surface area contributed by atoms with E-state index < -0.39 is 0 Å². The Hall–Kier alpha value is -3.90. The summed E-state index contributed by atoms with van der Waals surface area (Å²) in [4.78, 5) is 18.2. The van der Waals surface area contributed by atoms with Gasteiger partial charge >= 0.3 is 5.56 Å². The van der Waals surface area contributed by atoms with Crippen LogP contribution in [-0.2, 0) is 13.2 Å². The van der Waals surface area contributed by atoms with Crippen LogP contribution in [0.1, 0.15) is 16.7 Å². The Kier molecular flexibility index (Phi) is 6.91. The van der Waals surface area contributed by atoms with Gasteiger partial charge in [-0.2, -0.15) is 9.78 Å². The predicted octanol–water partition coefficient (Wildman–Crippen LogP) is 4.44. The first-order valence-electron chi connectivity index (χ1n) is 12.0. The summed E-state index contributed by atoms with van der Waals surface area (Å²) < 4.78 is 7.59. The van der Waals surface area contributed by atoms with Gasteiger partial charge in [0.05, 0.1) is 11.9 Å². The van der Waals surface area contributed by atoms with Gasteiger partial charge in [0, 0.05) is 32.7 Å². The highest BCUT2D eigenvalue weighted by atomic mass is 16.5. The van der Waals surface area contributed by atoms with Crippen LogP contribution in [0.3, 0.4) is 0 Å². The minimum absolute atomic E-state index is 0.244. The van der Waals surface area contributed by atoms with Gasteiger partial charge in [-0.3, -0.25) is 9.69 Å². The molecule has 6 heteroatoms. The third kappa shape index (κ3) is 5.44. The maximum Gasteiger partial charge on any atom is 0.316 e. The number of anilines is 1. The van der Waals surface area contributed by atoms with Gasteiger partial charge < -0.3 is 9.64 Å². The van der Waals surface area contributed by atoms with E-state index in [1.807, 2.05) is 60.7 Å². The lowest BCUT2D eigenvalue weighted by atomic mass is 10.1. The van der Waals surface area contributed by atoms with Crippen LogP contribution in [0.15, 0.2) is 95.9 Å². The standard InChI is InChI=1S/C29H30N4O2/c1-23-12-14-24(15-13-23)21-31-16-18-32(19-17-31)27-20-30-33(26-10-6-3-7-11-26)29(34)28(27)35-22-25-8-4-2-5-9-25/h2-15,20H,16-19,21-22H2,1H3. The maximum atomic E-state index is 13.5. The van der Waals surface area contributed by atoms with Crippen molar-refractivity contribution in [3.05, 3.63) is 118 Å². The lowest BCUT2D eigenvalue weighted by Gasteiger charge is -2.36. The molecule has 0 bridgehead atoms. The van der Waals surface area contributed by atoms with Crippen molar-refractivity contribution in [2.45, 2.75) is 20.1 Å². The number of rotatable bonds is 7. The first kappa shape index (κ1) is 22.9. The first-order chi connectivity index (χ1) is 17.2. The molecule has 5 rings (SSSR count). The average Bonchev–Trinajstić information content (AvgIpc) is 2.91. The molecule has 0 radical (unpaired) electrons. The van der Waals surface area contributed by atoms with Gasteiger partial charge in [-0.05, 0) is 30.2 Å². The number of nitrogens with zero attached hydrogens (tertiary/aromatic N) is 4. The van der Waals surface area contributed by atoms with E-state index in [-0.39, 0.29) is 5.56 Å². The monoisotopic (exact) mass is 466 g/mol. The summed E-state index contributed by atoms with van der Waals surface area (Å²) in [7, 11) is 0. The minimum atomic E-state index is -0.244. The molecule has 1 saturated heterocycles. The summed E-state index contributed by atoms with van der Waals surface area (Å²) in [6, 6.07) is 28.1. The highest BCUT2D eigenvalue weighted by molar-refractivity contribution is 5.57. The second-order valence-electron chi connectivity index (χ2n) is 8.93. The van der Waals surface area contributed by atoms with E-state index in [1.165, 1.54) is 15.8 Å². The largest absolute Gasteiger partial charge is 0.481 e. The van der Waals surface area contributed by atoms with E-state index in [0.29, 0.717) is 12.4 Å². The molecule has 0 N–H and O–H groups in total. The van der Waals surface area contributed by atoms with Crippen LogP contribution in [0, 0.1) is 6.92 Å². The van der Waals surface area contributed by atoms with Gasteiger partial charge in [0.25, 0.3) is 0 Å². The van der Waals surface area contributed by atoms with Gasteiger partial charge in [0.15, 0.2) is 0 Å². The van der Waals surface area contributed by atoms with Crippen LogP contribution in [-0.4, -0.2) is 40.9 Å². The third-order valence-electron chi connectivity index (χ3n) is 6.38. The van der Waals surface area contributed by atoms with E-state index in [2.05, 4.69) is 46.1 Å². The zero-order chi connectivity index (χ0) is 24.0. The number of benzene rings is 3. The van der Waals surface area contributed by atoms with Crippen molar-refractivity contribution < 1.29 is 4.74 Å². The highest BCUT2D eigenvalue weighted by Crippen LogP contribution is 2.26. The topological polar surface area (TPSA) is 50.6 Å². The fraction of sp³-hybridized carbons (Fsp3) is 0.241. The summed E-state index contributed by atoms with van der Waals surface area (Å²) in [6.45, 7) is 6.81. The molecule has 3 aromatic carbocycles. The number of para-hydroxylation sites is 1. The molecular weight excluding hydrogens is 436 g/mol. The van der Waals surface area contributed by atoms with Gasteiger partial charge in [-0.25, -0.2) is 0 Å². The molecule has 4 aromatic rings. The van der Waals surface area contributed by atoms with Crippen LogP contribution in [0.5, 0.6) is 5.75 Å². The number of aryl methyl sites for hydroxylation is 1. The lowest BCUT2D eigenvalue weighted by Crippen LogP contribution is -2.46. The molecule has 0 spiro atoms. The second kappa shape index (κ2) is 10.6. The van der Waals surface area contributed by atoms with Gasteiger partial charge in [-0.15, -0.1) is 0 Å². The fourth-order valence-electron chi connectivity index (χ4n) is 4.37. The Morgan fingerprint density at radius 1 is 0.800 bits per heavy atom. The first-order valence-corrected chi connectivity index (χ1v) is 12.0. The second-order valence-corrected chi connectivity index (χ2v) is 8.93. The van der Waals surface area contributed by atoms with Crippen molar-refractivity contribution in [3.8, 4) is 11.4 Å². The molecule has 35 heavy (non-hydrogen) atoms. The van der Waals surface area contributed by atoms with Crippen molar-refractivity contribution in [1.29, 1.82) is 0 Å². The minimum Gasteiger partial charge on any atom is -0.481 e. The number of hydrogen-bond donors (Lipinski definition) is 0. The lowest BCUT2D eigenvalue weighted by molar-refractivity contribution is 0.247. The van der Waals surface area contributed by atoms with Crippen molar-refractivity contribution in [2.75, 3.05) is 31.1 Å². The van der Waals surface area contributed by atoms with E-state index >= 15 is 0 Å². The van der Waals surface area contributed by atoms with Crippen molar-refractivity contribution >= 4 is 5.69 Å². The molecule has 1 fully saturated rings. The Bertz CT molecular complexity index is 1300. The summed E-state index contributed by atoms with van der Waals surface area (Å²) in [5, 5.41) is 4.50. The van der Waals surface area contributed by atoms with Crippen molar-refractivity contribution in [3.63, 3.8) is 0 Å². The number of aromatic nitrogens is 2. The van der Waals surface area contributed by atoms with Crippen LogP contribution in [0.25, 0.3) is 5.69 Å². The fourth-order valence-corrected chi connectivity index (χ4v) is 4.37. The molecule has 0 amide bonds. The van der Waals surface area contributed by atoms with E-state index in [9.17, 15) is 4.79 Å². The van der Waals surface area contributed by atoms with Gasteiger partial charge in [0.2, 0.25) is 5.75 Å². The quantitative estimate of drug-likeness (QED) is 0.403. The maximum absolute atomic E-state index is 13.5. The van der Waals surface area contributed by atoms with E-state index in [0.717, 1.165) is 49.7 Å². The smallest absolute Gasteiger partial charge is 0.316 e. The van der Waals surface area contributed by atoms with Crippen LogP contribution in [0.2, 0.25) is 0 Å².